The van der Waals surface area contributed by atoms with E-state index in [1.54, 1.807) is 24.3 Å². The maximum absolute atomic E-state index is 13.5. The Labute approximate surface area is 263 Å². The number of nitrogens with zero attached hydrogens (tertiary/aromatic N) is 1. The van der Waals surface area contributed by atoms with E-state index in [0.29, 0.717) is 42.9 Å². The number of fused-ring (bicyclic) bond motifs is 1. The van der Waals surface area contributed by atoms with Crippen molar-refractivity contribution in [2.75, 3.05) is 6.61 Å². The van der Waals surface area contributed by atoms with Crippen molar-refractivity contribution in [1.29, 1.82) is 5.26 Å². The molecule has 0 fully saturated rings. The van der Waals surface area contributed by atoms with Crippen LogP contribution in [0, 0.1) is 23.0 Å². The fraction of sp³-hybridized carbons (Fsp3) is 0.194. The van der Waals surface area contributed by atoms with Crippen LogP contribution < -0.4 is 14.2 Å². The number of nitrogens with one attached hydrogen (secondary N) is 1. The van der Waals surface area contributed by atoms with Gasteiger partial charge in [-0.25, -0.2) is 17.7 Å². The summed E-state index contributed by atoms with van der Waals surface area (Å²) in [5.74, 6) is -0.832. The van der Waals surface area contributed by atoms with Crippen molar-refractivity contribution >= 4 is 21.8 Å². The molecule has 2 unspecified atom stereocenters. The normalized spacial score (nSPS) is 12.4. The molecule has 6 nitrogen and oxygen atoms in total. The largest absolute Gasteiger partial charge is 0.493 e. The highest BCUT2D eigenvalue weighted by Crippen LogP contribution is 2.25. The van der Waals surface area contributed by atoms with E-state index in [-0.39, 0.29) is 17.9 Å². The first-order valence-corrected chi connectivity index (χ1v) is 15.7. The predicted octanol–water partition coefficient (Wildman–Crippen LogP) is 7.14. The third-order valence-electron chi connectivity index (χ3n) is 7.23. The van der Waals surface area contributed by atoms with Crippen LogP contribution in [-0.4, -0.2) is 22.2 Å². The molecule has 0 radical (unpaired) electrons. The Morgan fingerprint density at radius 1 is 0.822 bits per heavy atom. The molecule has 0 bridgehead atoms. The van der Waals surface area contributed by atoms with Crippen LogP contribution in [0.15, 0.2) is 108 Å². The van der Waals surface area contributed by atoms with Crippen molar-refractivity contribution in [3.63, 3.8) is 0 Å². The van der Waals surface area contributed by atoms with Gasteiger partial charge in [-0.1, -0.05) is 60.7 Å². The highest BCUT2D eigenvalue weighted by molar-refractivity contribution is 7.83. The van der Waals surface area contributed by atoms with Gasteiger partial charge >= 0.3 is 0 Å². The molecule has 45 heavy (non-hydrogen) atoms. The van der Waals surface area contributed by atoms with Gasteiger partial charge in [-0.3, -0.25) is 0 Å². The van der Waals surface area contributed by atoms with Gasteiger partial charge in [0, 0.05) is 6.42 Å². The van der Waals surface area contributed by atoms with Gasteiger partial charge in [0.05, 0.1) is 23.1 Å². The lowest BCUT2D eigenvalue weighted by molar-refractivity contribution is 0.152. The standard InChI is InChI=1S/C36H32F2N2O4S/c37-33-16-15-32(22-34(33)38)45(42)40-36(41)10-4-8-29-14-12-27(24-44-31-9-3-5-26(20-31)23-39)21-35(29)43-18-17-25-11-13-28-6-1-2-7-30(28)19-25/h1-3,5-7,9,11-16,19-22,36,40-41H,4,8,10,17-18,24H2. The highest BCUT2D eigenvalue weighted by atomic mass is 32.2. The summed E-state index contributed by atoms with van der Waals surface area (Å²) in [6, 6.07) is 32.5. The van der Waals surface area contributed by atoms with E-state index in [4.69, 9.17) is 14.7 Å². The number of aliphatic hydroxyl groups is 1. The monoisotopic (exact) mass is 626 g/mol. The molecule has 0 heterocycles. The van der Waals surface area contributed by atoms with Crippen molar-refractivity contribution < 1.29 is 27.6 Å². The second-order valence-corrected chi connectivity index (χ2v) is 11.8. The van der Waals surface area contributed by atoms with Crippen molar-refractivity contribution in [2.45, 2.75) is 43.4 Å². The van der Waals surface area contributed by atoms with Gasteiger partial charge in [-0.2, -0.15) is 5.26 Å². The predicted molar refractivity (Wildman–Crippen MR) is 170 cm³/mol. The lowest BCUT2D eigenvalue weighted by Crippen LogP contribution is -2.30. The zero-order valence-corrected chi connectivity index (χ0v) is 25.2. The second-order valence-electron chi connectivity index (χ2n) is 10.5. The Kier molecular flexibility index (Phi) is 10.9. The van der Waals surface area contributed by atoms with Crippen molar-refractivity contribution in [2.24, 2.45) is 0 Å². The second kappa shape index (κ2) is 15.4. The molecule has 0 aromatic heterocycles. The molecule has 0 aliphatic heterocycles. The zero-order chi connectivity index (χ0) is 31.6. The van der Waals surface area contributed by atoms with Crippen LogP contribution in [0.1, 0.15) is 35.1 Å². The Morgan fingerprint density at radius 2 is 1.64 bits per heavy atom. The summed E-state index contributed by atoms with van der Waals surface area (Å²) in [4.78, 5) is 0.0345. The fourth-order valence-corrected chi connectivity index (χ4v) is 5.76. The summed E-state index contributed by atoms with van der Waals surface area (Å²) in [5, 5.41) is 21.9. The van der Waals surface area contributed by atoms with E-state index < -0.39 is 28.8 Å². The SMILES string of the molecule is N#Cc1cccc(OCc2ccc(CCCC(O)NS(=O)c3ccc(F)c(F)c3)c(OCCc3ccc4ccccc4c3)c2)c1. The number of aryl methyl sites for hydroxylation is 1. The van der Waals surface area contributed by atoms with Crippen LogP contribution in [0.25, 0.3) is 10.8 Å². The van der Waals surface area contributed by atoms with Gasteiger partial charge < -0.3 is 14.6 Å². The minimum absolute atomic E-state index is 0.0345. The van der Waals surface area contributed by atoms with Crippen LogP contribution in [-0.2, 0) is 30.4 Å². The Hall–Kier alpha value is -4.62. The van der Waals surface area contributed by atoms with Gasteiger partial charge in [0.1, 0.15) is 35.3 Å². The molecule has 2 atom stereocenters. The quantitative estimate of drug-likeness (QED) is 0.128. The molecule has 0 saturated heterocycles. The first-order valence-electron chi connectivity index (χ1n) is 14.5. The summed E-state index contributed by atoms with van der Waals surface area (Å²) >= 11 is 0. The van der Waals surface area contributed by atoms with Crippen LogP contribution in [0.4, 0.5) is 8.78 Å². The molecule has 0 spiro atoms. The molecule has 9 heteroatoms. The van der Waals surface area contributed by atoms with Crippen LogP contribution in [0.2, 0.25) is 0 Å². The van der Waals surface area contributed by atoms with Crippen molar-refractivity contribution in [3.05, 3.63) is 137 Å². The highest BCUT2D eigenvalue weighted by Gasteiger charge is 2.14. The van der Waals surface area contributed by atoms with Crippen LogP contribution >= 0.6 is 0 Å². The summed E-state index contributed by atoms with van der Waals surface area (Å²) < 4.78 is 53.9. The number of halogens is 2. The van der Waals surface area contributed by atoms with E-state index in [1.807, 2.05) is 30.3 Å². The number of benzene rings is 5. The van der Waals surface area contributed by atoms with Gasteiger partial charge in [0.2, 0.25) is 0 Å². The smallest absolute Gasteiger partial charge is 0.160 e. The summed E-state index contributed by atoms with van der Waals surface area (Å²) in [7, 11) is -1.90. The molecule has 0 amide bonds. The number of nitriles is 1. The Bertz CT molecular complexity index is 1840. The van der Waals surface area contributed by atoms with Crippen molar-refractivity contribution in [1.82, 2.24) is 4.72 Å². The minimum Gasteiger partial charge on any atom is -0.493 e. The van der Waals surface area contributed by atoms with E-state index in [2.05, 4.69) is 41.1 Å². The van der Waals surface area contributed by atoms with E-state index in [1.165, 1.54) is 16.8 Å². The summed E-state index contributed by atoms with van der Waals surface area (Å²) in [5.41, 5.74) is 3.52. The number of hydrogen-bond donors (Lipinski definition) is 2. The fourth-order valence-electron chi connectivity index (χ4n) is 4.85. The minimum atomic E-state index is -1.90. The molecule has 5 aromatic rings. The molecule has 5 rings (SSSR count). The van der Waals surface area contributed by atoms with Gasteiger partial charge in [-0.05, 0) is 89.2 Å². The van der Waals surface area contributed by atoms with Gasteiger partial charge in [-0.15, -0.1) is 0 Å². The average molecular weight is 627 g/mol. The molecule has 5 aromatic carbocycles. The van der Waals surface area contributed by atoms with Crippen molar-refractivity contribution in [3.8, 4) is 17.6 Å². The first kappa shape index (κ1) is 31.8. The third-order valence-corrected chi connectivity index (χ3v) is 8.40. The number of rotatable bonds is 14. The first-order chi connectivity index (χ1) is 21.9. The lowest BCUT2D eigenvalue weighted by atomic mass is 10.0. The zero-order valence-electron chi connectivity index (χ0n) is 24.4. The molecular weight excluding hydrogens is 594 g/mol. The molecular formula is C36H32F2N2O4S. The molecule has 0 saturated carbocycles. The van der Waals surface area contributed by atoms with E-state index in [0.717, 1.165) is 28.8 Å². The molecule has 230 valence electrons. The summed E-state index contributed by atoms with van der Waals surface area (Å²) in [6.45, 7) is 0.742. The lowest BCUT2D eigenvalue weighted by Gasteiger charge is -2.16. The maximum atomic E-state index is 13.5. The van der Waals surface area contributed by atoms with E-state index in [9.17, 15) is 18.1 Å². The van der Waals surface area contributed by atoms with Gasteiger partial charge in [0.15, 0.2) is 11.6 Å². The molecule has 0 aliphatic rings. The summed E-state index contributed by atoms with van der Waals surface area (Å²) in [6.07, 6.45) is 0.984. The van der Waals surface area contributed by atoms with Gasteiger partial charge in [0.25, 0.3) is 0 Å². The number of aliphatic hydroxyl groups excluding tert-OH is 1. The third kappa shape index (κ3) is 8.96. The average Bonchev–Trinajstić information content (AvgIpc) is 3.05. The molecule has 0 aliphatic carbocycles. The van der Waals surface area contributed by atoms with Crippen LogP contribution in [0.5, 0.6) is 11.5 Å². The number of hydrogen-bond acceptors (Lipinski definition) is 5. The Morgan fingerprint density at radius 3 is 2.47 bits per heavy atom. The number of ether oxygens (including phenoxy) is 2. The molecule has 2 N–H and O–H groups in total. The van der Waals surface area contributed by atoms with Crippen LogP contribution in [0.3, 0.4) is 0 Å². The van der Waals surface area contributed by atoms with E-state index >= 15 is 0 Å². The Balaban J connectivity index is 1.22. The topological polar surface area (TPSA) is 91.6 Å². The maximum Gasteiger partial charge on any atom is 0.160 e.